The van der Waals surface area contributed by atoms with E-state index < -0.39 is 0 Å². The third kappa shape index (κ3) is 3.09. The number of hydrogen-bond donors (Lipinski definition) is 1. The normalized spacial score (nSPS) is 26.9. The van der Waals surface area contributed by atoms with Gasteiger partial charge in [0, 0.05) is 6.04 Å². The average molecular weight is 271 g/mol. The Morgan fingerprint density at radius 3 is 2.50 bits per heavy atom. The van der Waals surface area contributed by atoms with Crippen molar-refractivity contribution in [2.24, 2.45) is 5.92 Å². The minimum Gasteiger partial charge on any atom is -0.314 e. The first kappa shape index (κ1) is 14.1. The van der Waals surface area contributed by atoms with Crippen LogP contribution in [0.4, 0.5) is 0 Å². The topological polar surface area (TPSA) is 12.0 Å². The molecule has 2 aliphatic carbocycles. The molecular weight excluding hydrogens is 242 g/mol. The predicted molar refractivity (Wildman–Crippen MR) is 86.3 cm³/mol. The molecule has 2 fully saturated rings. The summed E-state index contributed by atoms with van der Waals surface area (Å²) >= 11 is 0. The van der Waals surface area contributed by atoms with Gasteiger partial charge in [-0.25, -0.2) is 0 Å². The van der Waals surface area contributed by atoms with Crippen molar-refractivity contribution in [1.82, 2.24) is 5.32 Å². The third-order valence-corrected chi connectivity index (χ3v) is 5.36. The molecule has 0 bridgehead atoms. The van der Waals surface area contributed by atoms with Gasteiger partial charge in [-0.15, -0.1) is 0 Å². The zero-order valence-corrected chi connectivity index (χ0v) is 13.1. The van der Waals surface area contributed by atoms with Crippen LogP contribution in [-0.2, 0) is 0 Å². The smallest absolute Gasteiger partial charge is 0.00104 e. The van der Waals surface area contributed by atoms with Crippen molar-refractivity contribution in [2.75, 3.05) is 6.54 Å². The number of nitrogens with one attached hydrogen (secondary N) is 1. The monoisotopic (exact) mass is 271 g/mol. The highest BCUT2D eigenvalue weighted by molar-refractivity contribution is 5.31. The van der Waals surface area contributed by atoms with Crippen LogP contribution in [0.5, 0.6) is 0 Å². The van der Waals surface area contributed by atoms with Gasteiger partial charge < -0.3 is 5.32 Å². The van der Waals surface area contributed by atoms with Gasteiger partial charge >= 0.3 is 0 Å². The van der Waals surface area contributed by atoms with Gasteiger partial charge in [0.2, 0.25) is 0 Å². The van der Waals surface area contributed by atoms with Crippen molar-refractivity contribution in [2.45, 2.75) is 70.3 Å². The summed E-state index contributed by atoms with van der Waals surface area (Å²) in [5.74, 6) is 2.50. The van der Waals surface area contributed by atoms with E-state index in [1.807, 2.05) is 0 Å². The van der Waals surface area contributed by atoms with Crippen molar-refractivity contribution >= 4 is 0 Å². The van der Waals surface area contributed by atoms with Crippen molar-refractivity contribution in [3.05, 3.63) is 35.4 Å². The summed E-state index contributed by atoms with van der Waals surface area (Å²) in [7, 11) is 0. The summed E-state index contributed by atoms with van der Waals surface area (Å²) in [4.78, 5) is 0. The minimum atomic E-state index is 0.609. The summed E-state index contributed by atoms with van der Waals surface area (Å²) in [6.07, 6.45) is 8.44. The highest BCUT2D eigenvalue weighted by atomic mass is 14.9. The van der Waals surface area contributed by atoms with Crippen LogP contribution in [0.25, 0.3) is 0 Å². The Hall–Kier alpha value is -0.820. The SMILES string of the molecule is CC(C)NCC1CCCC1c1cccc(C2CCC2)c1. The second-order valence-electron chi connectivity index (χ2n) is 7.16. The standard InChI is InChI=1S/C19H29N/c1-14(2)20-13-18-10-5-11-19(18)17-9-4-8-16(12-17)15-6-3-7-15/h4,8-9,12,14-15,18-20H,3,5-7,10-11,13H2,1-2H3. The van der Waals surface area contributed by atoms with Gasteiger partial charge in [-0.3, -0.25) is 0 Å². The molecule has 2 unspecified atom stereocenters. The van der Waals surface area contributed by atoms with Crippen LogP contribution in [0.15, 0.2) is 24.3 Å². The van der Waals surface area contributed by atoms with E-state index in [0.29, 0.717) is 6.04 Å². The molecule has 20 heavy (non-hydrogen) atoms. The highest BCUT2D eigenvalue weighted by Gasteiger charge is 2.29. The molecule has 0 spiro atoms. The average Bonchev–Trinajstić information content (AvgIpc) is 2.83. The molecule has 110 valence electrons. The van der Waals surface area contributed by atoms with E-state index in [2.05, 4.69) is 43.4 Å². The molecule has 3 rings (SSSR count). The predicted octanol–water partition coefficient (Wildman–Crippen LogP) is 4.84. The third-order valence-electron chi connectivity index (χ3n) is 5.36. The van der Waals surface area contributed by atoms with Crippen molar-refractivity contribution in [1.29, 1.82) is 0 Å². The molecule has 0 heterocycles. The molecule has 1 aromatic rings. The van der Waals surface area contributed by atoms with E-state index in [1.54, 1.807) is 11.1 Å². The minimum absolute atomic E-state index is 0.609. The van der Waals surface area contributed by atoms with E-state index in [4.69, 9.17) is 0 Å². The number of hydrogen-bond acceptors (Lipinski definition) is 1. The van der Waals surface area contributed by atoms with Crippen molar-refractivity contribution in [3.8, 4) is 0 Å². The van der Waals surface area contributed by atoms with Crippen LogP contribution < -0.4 is 5.32 Å². The van der Waals surface area contributed by atoms with Crippen LogP contribution in [0.3, 0.4) is 0 Å². The Bertz CT molecular complexity index is 433. The molecule has 2 atom stereocenters. The molecule has 1 aromatic carbocycles. The first-order chi connectivity index (χ1) is 9.74. The zero-order valence-electron chi connectivity index (χ0n) is 13.1. The van der Waals surface area contributed by atoms with E-state index in [9.17, 15) is 0 Å². The molecular formula is C19H29N. The van der Waals surface area contributed by atoms with E-state index in [0.717, 1.165) is 17.8 Å². The summed E-state index contributed by atoms with van der Waals surface area (Å²) in [6.45, 7) is 5.69. The summed E-state index contributed by atoms with van der Waals surface area (Å²) < 4.78 is 0. The van der Waals surface area contributed by atoms with Gasteiger partial charge in [0.1, 0.15) is 0 Å². The summed E-state index contributed by atoms with van der Waals surface area (Å²) in [5, 5.41) is 3.65. The lowest BCUT2D eigenvalue weighted by Gasteiger charge is -2.28. The van der Waals surface area contributed by atoms with E-state index in [-0.39, 0.29) is 0 Å². The highest BCUT2D eigenvalue weighted by Crippen LogP contribution is 2.42. The Kier molecular flexibility index (Phi) is 4.45. The lowest BCUT2D eigenvalue weighted by Crippen LogP contribution is -2.30. The van der Waals surface area contributed by atoms with Crippen LogP contribution in [0, 0.1) is 5.92 Å². The fourth-order valence-corrected chi connectivity index (χ4v) is 3.89. The molecule has 0 aromatic heterocycles. The van der Waals surface area contributed by atoms with E-state index >= 15 is 0 Å². The first-order valence-electron chi connectivity index (χ1n) is 8.57. The van der Waals surface area contributed by atoms with Crippen LogP contribution in [-0.4, -0.2) is 12.6 Å². The maximum Gasteiger partial charge on any atom is 0.00104 e. The lowest BCUT2D eigenvalue weighted by atomic mass is 9.78. The van der Waals surface area contributed by atoms with Gasteiger partial charge in [-0.2, -0.15) is 0 Å². The van der Waals surface area contributed by atoms with Gasteiger partial charge in [-0.05, 0) is 61.1 Å². The molecule has 0 saturated heterocycles. The Morgan fingerprint density at radius 2 is 1.80 bits per heavy atom. The molecule has 1 nitrogen and oxygen atoms in total. The molecule has 0 radical (unpaired) electrons. The van der Waals surface area contributed by atoms with E-state index in [1.165, 1.54) is 45.1 Å². The largest absolute Gasteiger partial charge is 0.314 e. The van der Waals surface area contributed by atoms with Gasteiger partial charge in [0.25, 0.3) is 0 Å². The quantitative estimate of drug-likeness (QED) is 0.808. The first-order valence-corrected chi connectivity index (χ1v) is 8.57. The Labute approximate surface area is 124 Å². The molecule has 1 heteroatoms. The zero-order chi connectivity index (χ0) is 13.9. The summed E-state index contributed by atoms with van der Waals surface area (Å²) in [5.41, 5.74) is 3.22. The van der Waals surface area contributed by atoms with Crippen molar-refractivity contribution < 1.29 is 0 Å². The second-order valence-corrected chi connectivity index (χ2v) is 7.16. The van der Waals surface area contributed by atoms with Crippen LogP contribution in [0.2, 0.25) is 0 Å². The lowest BCUT2D eigenvalue weighted by molar-refractivity contribution is 0.413. The van der Waals surface area contributed by atoms with Crippen LogP contribution in [0.1, 0.15) is 75.3 Å². The molecule has 2 saturated carbocycles. The Morgan fingerprint density at radius 1 is 1.05 bits per heavy atom. The fraction of sp³-hybridized carbons (Fsp3) is 0.684. The number of benzene rings is 1. The second kappa shape index (κ2) is 6.30. The Balaban J connectivity index is 1.70. The van der Waals surface area contributed by atoms with Gasteiger partial charge in [0.15, 0.2) is 0 Å². The number of rotatable bonds is 5. The molecule has 0 amide bonds. The molecule has 0 aliphatic heterocycles. The van der Waals surface area contributed by atoms with Gasteiger partial charge in [-0.1, -0.05) is 51.0 Å². The summed E-state index contributed by atoms with van der Waals surface area (Å²) in [6, 6.07) is 10.2. The van der Waals surface area contributed by atoms with Crippen LogP contribution >= 0.6 is 0 Å². The maximum absolute atomic E-state index is 3.65. The maximum atomic E-state index is 3.65. The van der Waals surface area contributed by atoms with Gasteiger partial charge in [0.05, 0.1) is 0 Å². The fourth-order valence-electron chi connectivity index (χ4n) is 3.89. The molecule has 1 N–H and O–H groups in total. The van der Waals surface area contributed by atoms with Crippen molar-refractivity contribution in [3.63, 3.8) is 0 Å². The molecule has 2 aliphatic rings.